The summed E-state index contributed by atoms with van der Waals surface area (Å²) in [6, 6.07) is 68.0. The number of para-hydroxylation sites is 2. The number of nitrogens with zero attached hydrogens (tertiary/aromatic N) is 4. The predicted octanol–water partition coefficient (Wildman–Crippen LogP) is 13.8. The summed E-state index contributed by atoms with van der Waals surface area (Å²) in [7, 11) is 0. The molecule has 3 heterocycles. The van der Waals surface area contributed by atoms with E-state index in [2.05, 4.69) is 150 Å². The Labute approximate surface area is 333 Å². The van der Waals surface area contributed by atoms with Crippen molar-refractivity contribution >= 4 is 65.3 Å². The normalized spacial score (nSPS) is 11.8. The lowest BCUT2D eigenvalue weighted by Gasteiger charge is -2.13. The first-order valence-corrected chi connectivity index (χ1v) is 19.5. The van der Waals surface area contributed by atoms with Gasteiger partial charge in [-0.2, -0.15) is 0 Å². The number of hydrogen-bond donors (Lipinski definition) is 0. The Kier molecular flexibility index (Phi) is 7.16. The van der Waals surface area contributed by atoms with Gasteiger partial charge in [0.1, 0.15) is 5.58 Å². The SMILES string of the molecule is c1ccc(-c2ccc3ccc(-c4nc(-c5ccccc5)nc(-c5ccc(-n6c7ccccc7c7cc8ccccc8cc76)c6oc7ccccc7c56)n4)cc3c2)cc1. The van der Waals surface area contributed by atoms with Gasteiger partial charge in [-0.3, -0.25) is 0 Å². The summed E-state index contributed by atoms with van der Waals surface area (Å²) >= 11 is 0. The van der Waals surface area contributed by atoms with Gasteiger partial charge < -0.3 is 8.98 Å². The first kappa shape index (κ1) is 32.4. The quantitative estimate of drug-likeness (QED) is 0.176. The highest BCUT2D eigenvalue weighted by atomic mass is 16.3. The smallest absolute Gasteiger partial charge is 0.164 e. The third-order valence-electron chi connectivity index (χ3n) is 11.4. The topological polar surface area (TPSA) is 56.7 Å². The van der Waals surface area contributed by atoms with E-state index in [-0.39, 0.29) is 0 Å². The Morgan fingerprint density at radius 2 is 0.983 bits per heavy atom. The van der Waals surface area contributed by atoms with Gasteiger partial charge in [0.2, 0.25) is 0 Å². The van der Waals surface area contributed by atoms with E-state index in [1.54, 1.807) is 0 Å². The summed E-state index contributed by atoms with van der Waals surface area (Å²) < 4.78 is 9.23. The monoisotopic (exact) mass is 740 g/mol. The summed E-state index contributed by atoms with van der Waals surface area (Å²) in [4.78, 5) is 15.6. The number of hydrogen-bond acceptors (Lipinski definition) is 4. The fraction of sp³-hybridized carbons (Fsp3) is 0. The minimum atomic E-state index is 0.582. The molecule has 5 heteroatoms. The minimum Gasteiger partial charge on any atom is -0.454 e. The lowest BCUT2D eigenvalue weighted by molar-refractivity contribution is 0.666. The molecule has 0 N–H and O–H groups in total. The first-order chi connectivity index (χ1) is 28.7. The molecular weight excluding hydrogens is 709 g/mol. The molecule has 0 saturated heterocycles. The average Bonchev–Trinajstić information content (AvgIpc) is 3.84. The third kappa shape index (κ3) is 5.14. The molecule has 58 heavy (non-hydrogen) atoms. The van der Waals surface area contributed by atoms with E-state index < -0.39 is 0 Å². The van der Waals surface area contributed by atoms with Crippen molar-refractivity contribution in [3.63, 3.8) is 0 Å². The summed E-state index contributed by atoms with van der Waals surface area (Å²) in [5.41, 5.74) is 9.83. The molecular formula is C53H32N4O. The second-order valence-corrected chi connectivity index (χ2v) is 14.8. The summed E-state index contributed by atoms with van der Waals surface area (Å²) in [6.45, 7) is 0. The lowest BCUT2D eigenvalue weighted by Crippen LogP contribution is -2.01. The molecule has 0 aliphatic heterocycles. The van der Waals surface area contributed by atoms with E-state index in [4.69, 9.17) is 19.4 Å². The van der Waals surface area contributed by atoms with Crippen LogP contribution in [0.15, 0.2) is 199 Å². The molecule has 0 amide bonds. The van der Waals surface area contributed by atoms with Crippen LogP contribution >= 0.6 is 0 Å². The fourth-order valence-electron chi connectivity index (χ4n) is 8.63. The van der Waals surface area contributed by atoms with E-state index in [0.29, 0.717) is 17.5 Å². The molecule has 0 radical (unpaired) electrons. The molecule has 0 saturated carbocycles. The summed E-state index contributed by atoms with van der Waals surface area (Å²) in [5, 5.41) is 9.03. The molecule has 0 bridgehead atoms. The minimum absolute atomic E-state index is 0.582. The summed E-state index contributed by atoms with van der Waals surface area (Å²) in [6.07, 6.45) is 0. The van der Waals surface area contributed by atoms with Gasteiger partial charge in [0.15, 0.2) is 23.1 Å². The highest BCUT2D eigenvalue weighted by Gasteiger charge is 2.23. The number of benzene rings is 9. The molecule has 0 aliphatic rings. The Hall–Kier alpha value is -7.89. The Morgan fingerprint density at radius 1 is 0.362 bits per heavy atom. The molecule has 0 aliphatic carbocycles. The second kappa shape index (κ2) is 12.8. The molecule has 12 rings (SSSR count). The van der Waals surface area contributed by atoms with Crippen molar-refractivity contribution in [3.05, 3.63) is 194 Å². The number of rotatable bonds is 5. The van der Waals surface area contributed by atoms with Crippen molar-refractivity contribution in [2.24, 2.45) is 0 Å². The standard InChI is InChI=1S/C53H32N4O/c1-3-13-33(14-4-1)38-25-23-34-24-26-39(30-40(34)29-38)52-54-51(35-15-5-2-6-16-35)55-53(56-52)43-27-28-46(50-49(43)42-20-10-12-22-48(42)58-50)57-45-21-11-9-19-41(45)44-31-36-17-7-8-18-37(36)32-47(44)57/h1-32H. The van der Waals surface area contributed by atoms with Crippen molar-refractivity contribution in [2.45, 2.75) is 0 Å². The van der Waals surface area contributed by atoms with E-state index in [1.807, 2.05) is 48.5 Å². The van der Waals surface area contributed by atoms with Crippen molar-refractivity contribution in [3.8, 4) is 51.0 Å². The maximum absolute atomic E-state index is 6.89. The average molecular weight is 741 g/mol. The zero-order valence-corrected chi connectivity index (χ0v) is 31.2. The van der Waals surface area contributed by atoms with Gasteiger partial charge in [0.05, 0.1) is 16.7 Å². The van der Waals surface area contributed by atoms with Crippen LogP contribution < -0.4 is 0 Å². The van der Waals surface area contributed by atoms with Crippen molar-refractivity contribution in [2.75, 3.05) is 0 Å². The van der Waals surface area contributed by atoms with Crippen molar-refractivity contribution in [1.29, 1.82) is 0 Å². The van der Waals surface area contributed by atoms with Crippen LogP contribution in [0, 0.1) is 0 Å². The zero-order valence-electron chi connectivity index (χ0n) is 31.2. The molecule has 0 fully saturated rings. The molecule has 3 aromatic heterocycles. The van der Waals surface area contributed by atoms with E-state index in [9.17, 15) is 0 Å². The van der Waals surface area contributed by atoms with Crippen LogP contribution in [0.25, 0.3) is 116 Å². The summed E-state index contributed by atoms with van der Waals surface area (Å²) in [5.74, 6) is 1.80. The van der Waals surface area contributed by atoms with Gasteiger partial charge in [-0.15, -0.1) is 0 Å². The van der Waals surface area contributed by atoms with Gasteiger partial charge >= 0.3 is 0 Å². The molecule has 0 spiro atoms. The van der Waals surface area contributed by atoms with Crippen LogP contribution in [0.3, 0.4) is 0 Å². The third-order valence-corrected chi connectivity index (χ3v) is 11.4. The molecule has 5 nitrogen and oxygen atoms in total. The molecule has 12 aromatic rings. The maximum atomic E-state index is 6.89. The van der Waals surface area contributed by atoms with Crippen LogP contribution in [-0.2, 0) is 0 Å². The number of furan rings is 1. The second-order valence-electron chi connectivity index (χ2n) is 14.8. The van der Waals surface area contributed by atoms with Crippen LogP contribution in [0.5, 0.6) is 0 Å². The fourth-order valence-corrected chi connectivity index (χ4v) is 8.63. The van der Waals surface area contributed by atoms with Crippen LogP contribution in [-0.4, -0.2) is 19.5 Å². The van der Waals surface area contributed by atoms with Gasteiger partial charge in [-0.1, -0.05) is 146 Å². The lowest BCUT2D eigenvalue weighted by atomic mass is 9.99. The Morgan fingerprint density at radius 3 is 1.79 bits per heavy atom. The van der Waals surface area contributed by atoms with Gasteiger partial charge in [-0.25, -0.2) is 15.0 Å². The van der Waals surface area contributed by atoms with Crippen molar-refractivity contribution < 1.29 is 4.42 Å². The predicted molar refractivity (Wildman–Crippen MR) is 238 cm³/mol. The Bertz CT molecular complexity index is 3570. The molecule has 9 aromatic carbocycles. The highest BCUT2D eigenvalue weighted by Crippen LogP contribution is 2.43. The van der Waals surface area contributed by atoms with Crippen molar-refractivity contribution in [1.82, 2.24) is 19.5 Å². The number of aromatic nitrogens is 4. The van der Waals surface area contributed by atoms with Gasteiger partial charge in [-0.05, 0) is 81.2 Å². The largest absolute Gasteiger partial charge is 0.454 e. The molecule has 270 valence electrons. The highest BCUT2D eigenvalue weighted by molar-refractivity contribution is 6.17. The Balaban J connectivity index is 1.11. The first-order valence-electron chi connectivity index (χ1n) is 19.5. The zero-order chi connectivity index (χ0) is 38.2. The van der Waals surface area contributed by atoms with Crippen LogP contribution in [0.1, 0.15) is 0 Å². The van der Waals surface area contributed by atoms with E-state index in [0.717, 1.165) is 71.7 Å². The number of fused-ring (bicyclic) bond motifs is 8. The van der Waals surface area contributed by atoms with Gasteiger partial charge in [0, 0.05) is 38.2 Å². The molecule has 0 unspecified atom stereocenters. The van der Waals surface area contributed by atoms with Crippen LogP contribution in [0.4, 0.5) is 0 Å². The van der Waals surface area contributed by atoms with E-state index >= 15 is 0 Å². The maximum Gasteiger partial charge on any atom is 0.164 e. The van der Waals surface area contributed by atoms with Crippen LogP contribution in [0.2, 0.25) is 0 Å². The molecule has 0 atom stereocenters. The van der Waals surface area contributed by atoms with E-state index in [1.165, 1.54) is 27.1 Å². The van der Waals surface area contributed by atoms with Gasteiger partial charge in [0.25, 0.3) is 0 Å².